The Labute approximate surface area is 107 Å². The number of para-hydroxylation sites is 1. The lowest BCUT2D eigenvalue weighted by atomic mass is 10.2. The third kappa shape index (κ3) is 1.71. The number of aromatic amines is 1. The molecule has 0 radical (unpaired) electrons. The largest absolute Gasteiger partial charge is 0.396 e. The number of nitrogen functional groups attached to an aromatic ring is 1. The van der Waals surface area contributed by atoms with Crippen molar-refractivity contribution >= 4 is 28.3 Å². The molecule has 0 aliphatic heterocycles. The summed E-state index contributed by atoms with van der Waals surface area (Å²) < 4.78 is 13.1. The average molecular weight is 262 g/mol. The van der Waals surface area contributed by atoms with E-state index in [9.17, 15) is 4.39 Å². The van der Waals surface area contributed by atoms with Gasteiger partial charge < -0.3 is 10.7 Å². The van der Waals surface area contributed by atoms with Gasteiger partial charge in [-0.2, -0.15) is 0 Å². The van der Waals surface area contributed by atoms with Crippen molar-refractivity contribution < 1.29 is 4.39 Å². The molecule has 3 rings (SSSR count). The van der Waals surface area contributed by atoms with Crippen LogP contribution in [0.25, 0.3) is 22.4 Å². The summed E-state index contributed by atoms with van der Waals surface area (Å²) in [6.45, 7) is 0. The zero-order chi connectivity index (χ0) is 12.7. The van der Waals surface area contributed by atoms with Crippen molar-refractivity contribution in [3.05, 3.63) is 47.2 Å². The van der Waals surface area contributed by atoms with Gasteiger partial charge >= 0.3 is 0 Å². The normalized spacial score (nSPS) is 11.0. The fourth-order valence-electron chi connectivity index (χ4n) is 1.82. The Balaban J connectivity index is 2.19. The van der Waals surface area contributed by atoms with E-state index < -0.39 is 5.82 Å². The van der Waals surface area contributed by atoms with E-state index in [-0.39, 0.29) is 5.69 Å². The molecule has 5 heteroatoms. The van der Waals surface area contributed by atoms with E-state index in [1.165, 1.54) is 6.07 Å². The average Bonchev–Trinajstić information content (AvgIpc) is 2.78. The minimum absolute atomic E-state index is 0.0963. The molecule has 0 amide bonds. The number of H-pyrrole nitrogens is 1. The first-order valence-corrected chi connectivity index (χ1v) is 5.72. The zero-order valence-electron chi connectivity index (χ0n) is 9.24. The molecule has 3 nitrogen and oxygen atoms in total. The summed E-state index contributed by atoms with van der Waals surface area (Å²) in [6.07, 6.45) is 0. The number of aromatic nitrogens is 2. The number of fused-ring (bicyclic) bond motifs is 1. The van der Waals surface area contributed by atoms with Crippen molar-refractivity contribution in [2.45, 2.75) is 0 Å². The Morgan fingerprint density at radius 3 is 2.78 bits per heavy atom. The number of rotatable bonds is 1. The molecule has 0 saturated carbocycles. The molecule has 3 aromatic rings. The SMILES string of the molecule is Nc1cc(-c2nc3c(Cl)cccc3[nH]2)ccc1F. The van der Waals surface area contributed by atoms with E-state index in [2.05, 4.69) is 9.97 Å². The molecular weight excluding hydrogens is 253 g/mol. The second-order valence-electron chi connectivity index (χ2n) is 3.96. The first-order chi connectivity index (χ1) is 8.65. The van der Waals surface area contributed by atoms with Crippen molar-refractivity contribution in [3.8, 4) is 11.4 Å². The first-order valence-electron chi connectivity index (χ1n) is 5.35. The van der Waals surface area contributed by atoms with E-state index in [4.69, 9.17) is 17.3 Å². The van der Waals surface area contributed by atoms with E-state index in [1.807, 2.05) is 12.1 Å². The Bertz CT molecular complexity index is 736. The Morgan fingerprint density at radius 2 is 2.06 bits per heavy atom. The molecule has 18 heavy (non-hydrogen) atoms. The molecule has 0 spiro atoms. The highest BCUT2D eigenvalue weighted by Crippen LogP contribution is 2.26. The lowest BCUT2D eigenvalue weighted by molar-refractivity contribution is 0.632. The molecule has 0 atom stereocenters. The van der Waals surface area contributed by atoms with E-state index in [1.54, 1.807) is 18.2 Å². The van der Waals surface area contributed by atoms with Crippen LogP contribution in [0, 0.1) is 5.82 Å². The smallest absolute Gasteiger partial charge is 0.146 e. The van der Waals surface area contributed by atoms with Crippen molar-refractivity contribution in [1.29, 1.82) is 0 Å². The van der Waals surface area contributed by atoms with Gasteiger partial charge in [-0.15, -0.1) is 0 Å². The minimum Gasteiger partial charge on any atom is -0.396 e. The fraction of sp³-hybridized carbons (Fsp3) is 0. The summed E-state index contributed by atoms with van der Waals surface area (Å²) in [7, 11) is 0. The van der Waals surface area contributed by atoms with Crippen LogP contribution >= 0.6 is 11.6 Å². The van der Waals surface area contributed by atoms with Gasteiger partial charge in [0.2, 0.25) is 0 Å². The van der Waals surface area contributed by atoms with E-state index >= 15 is 0 Å². The predicted octanol–water partition coefficient (Wildman–Crippen LogP) is 3.60. The lowest BCUT2D eigenvalue weighted by Crippen LogP contribution is -1.91. The van der Waals surface area contributed by atoms with Crippen LogP contribution < -0.4 is 5.73 Å². The lowest BCUT2D eigenvalue weighted by Gasteiger charge is -1.99. The van der Waals surface area contributed by atoms with Crippen LogP contribution in [0.3, 0.4) is 0 Å². The van der Waals surface area contributed by atoms with Gasteiger partial charge in [-0.05, 0) is 30.3 Å². The monoisotopic (exact) mass is 261 g/mol. The maximum atomic E-state index is 13.1. The van der Waals surface area contributed by atoms with Gasteiger partial charge in [0.05, 0.1) is 16.2 Å². The van der Waals surface area contributed by atoms with Crippen LogP contribution in [-0.4, -0.2) is 9.97 Å². The van der Waals surface area contributed by atoms with Gasteiger partial charge in [0.25, 0.3) is 0 Å². The number of hydrogen-bond acceptors (Lipinski definition) is 2. The van der Waals surface area contributed by atoms with Gasteiger partial charge in [-0.3, -0.25) is 0 Å². The van der Waals surface area contributed by atoms with Crippen LogP contribution in [-0.2, 0) is 0 Å². The molecule has 0 aliphatic rings. The third-order valence-electron chi connectivity index (χ3n) is 2.73. The Morgan fingerprint density at radius 1 is 1.22 bits per heavy atom. The molecule has 1 aromatic heterocycles. The van der Waals surface area contributed by atoms with Crippen molar-refractivity contribution in [2.75, 3.05) is 5.73 Å². The summed E-state index contributed by atoms with van der Waals surface area (Å²) in [5, 5.41) is 0.574. The molecule has 0 bridgehead atoms. The molecule has 0 saturated heterocycles. The predicted molar refractivity (Wildman–Crippen MR) is 70.9 cm³/mol. The molecule has 0 unspecified atom stereocenters. The number of halogens is 2. The number of imidazole rings is 1. The Hall–Kier alpha value is -2.07. The van der Waals surface area contributed by atoms with Crippen molar-refractivity contribution in [3.63, 3.8) is 0 Å². The summed E-state index contributed by atoms with van der Waals surface area (Å²) in [4.78, 5) is 7.51. The second kappa shape index (κ2) is 3.99. The van der Waals surface area contributed by atoms with Gasteiger partial charge in [-0.25, -0.2) is 9.37 Å². The van der Waals surface area contributed by atoms with Gasteiger partial charge in [0, 0.05) is 5.56 Å². The van der Waals surface area contributed by atoms with E-state index in [0.717, 1.165) is 11.1 Å². The zero-order valence-corrected chi connectivity index (χ0v) is 10.0. The van der Waals surface area contributed by atoms with Crippen LogP contribution in [0.5, 0.6) is 0 Å². The maximum Gasteiger partial charge on any atom is 0.146 e. The number of hydrogen-bond donors (Lipinski definition) is 2. The van der Waals surface area contributed by atoms with Gasteiger partial charge in [-0.1, -0.05) is 17.7 Å². The molecule has 1 heterocycles. The molecule has 2 aromatic carbocycles. The number of nitrogens with two attached hydrogens (primary N) is 1. The van der Waals surface area contributed by atoms with Crippen LogP contribution in [0.1, 0.15) is 0 Å². The fourth-order valence-corrected chi connectivity index (χ4v) is 2.04. The molecular formula is C13H9ClFN3. The Kier molecular flexibility index (Phi) is 2.45. The highest BCUT2D eigenvalue weighted by Gasteiger charge is 2.09. The molecule has 0 fully saturated rings. The highest BCUT2D eigenvalue weighted by molar-refractivity contribution is 6.34. The summed E-state index contributed by atoms with van der Waals surface area (Å²) in [6, 6.07) is 9.97. The van der Waals surface area contributed by atoms with Crippen LogP contribution in [0.15, 0.2) is 36.4 Å². The highest BCUT2D eigenvalue weighted by atomic mass is 35.5. The van der Waals surface area contributed by atoms with Crippen LogP contribution in [0.4, 0.5) is 10.1 Å². The standard InChI is InChI=1S/C13H9ClFN3/c14-8-2-1-3-11-12(8)18-13(17-11)7-4-5-9(15)10(16)6-7/h1-6H,16H2,(H,17,18). The first kappa shape index (κ1) is 11.0. The third-order valence-corrected chi connectivity index (χ3v) is 3.04. The summed E-state index contributed by atoms with van der Waals surface area (Å²) in [5.41, 5.74) is 7.88. The number of nitrogens with one attached hydrogen (secondary N) is 1. The number of benzene rings is 2. The topological polar surface area (TPSA) is 54.7 Å². The number of anilines is 1. The summed E-state index contributed by atoms with van der Waals surface area (Å²) in [5.74, 6) is 0.178. The van der Waals surface area contributed by atoms with Crippen molar-refractivity contribution in [1.82, 2.24) is 9.97 Å². The van der Waals surface area contributed by atoms with Crippen LogP contribution in [0.2, 0.25) is 5.02 Å². The molecule has 3 N–H and O–H groups in total. The summed E-state index contributed by atoms with van der Waals surface area (Å²) >= 11 is 6.05. The maximum absolute atomic E-state index is 13.1. The van der Waals surface area contributed by atoms with Gasteiger partial charge in [0.15, 0.2) is 0 Å². The van der Waals surface area contributed by atoms with Gasteiger partial charge in [0.1, 0.15) is 17.2 Å². The quantitative estimate of drug-likeness (QED) is 0.658. The van der Waals surface area contributed by atoms with E-state index in [0.29, 0.717) is 16.4 Å². The van der Waals surface area contributed by atoms with Crippen molar-refractivity contribution in [2.24, 2.45) is 0 Å². The second-order valence-corrected chi connectivity index (χ2v) is 4.36. The minimum atomic E-state index is -0.437. The number of nitrogens with zero attached hydrogens (tertiary/aromatic N) is 1. The molecule has 0 aliphatic carbocycles. The molecule has 90 valence electrons.